The van der Waals surface area contributed by atoms with E-state index >= 15 is 0 Å². The summed E-state index contributed by atoms with van der Waals surface area (Å²) in [5.74, 6) is 0. The summed E-state index contributed by atoms with van der Waals surface area (Å²) in [6.07, 6.45) is 6.34. The van der Waals surface area contributed by atoms with Crippen LogP contribution in [0, 0.1) is 10.1 Å². The van der Waals surface area contributed by atoms with Crippen LogP contribution < -0.4 is 5.32 Å². The molecule has 0 aliphatic heterocycles. The minimum absolute atomic E-state index is 0.0665. The summed E-state index contributed by atoms with van der Waals surface area (Å²) in [6.45, 7) is -0.292. The van der Waals surface area contributed by atoms with Gasteiger partial charge in [0.15, 0.2) is 0 Å². The van der Waals surface area contributed by atoms with Crippen LogP contribution in [0.3, 0.4) is 0 Å². The van der Waals surface area contributed by atoms with Gasteiger partial charge in [0, 0.05) is 30.6 Å². The number of rotatable bonds is 9. The van der Waals surface area contributed by atoms with Crippen molar-refractivity contribution in [3.8, 4) is 0 Å². The molecule has 0 saturated heterocycles. The molecule has 0 amide bonds. The molecule has 0 aromatic heterocycles. The number of nitrogens with zero attached hydrogens (tertiary/aromatic N) is 2. The second kappa shape index (κ2) is 8.08. The largest absolute Gasteiger partial charge is 0.395 e. The van der Waals surface area contributed by atoms with E-state index < -0.39 is 16.6 Å². The smallest absolute Gasteiger partial charge is 0.315 e. The summed E-state index contributed by atoms with van der Waals surface area (Å²) in [6, 6.07) is -0.659. The van der Waals surface area contributed by atoms with E-state index in [0.29, 0.717) is 0 Å². The average molecular weight is 287 g/mol. The Balaban J connectivity index is 3.10. The highest BCUT2D eigenvalue weighted by molar-refractivity contribution is 5.24. The average Bonchev–Trinajstić information content (AvgIpc) is 2.45. The highest BCUT2D eigenvalue weighted by Crippen LogP contribution is 2.26. The van der Waals surface area contributed by atoms with Crippen molar-refractivity contribution in [2.24, 2.45) is 0 Å². The van der Waals surface area contributed by atoms with E-state index in [9.17, 15) is 10.1 Å². The molecular weight excluding hydrogens is 266 g/mol. The molecule has 0 saturated carbocycles. The molecule has 114 valence electrons. The molecule has 20 heavy (non-hydrogen) atoms. The van der Waals surface area contributed by atoms with Gasteiger partial charge in [-0.2, -0.15) is 0 Å². The number of allylic oxidation sites excluding steroid dienone is 2. The first-order chi connectivity index (χ1) is 9.63. The van der Waals surface area contributed by atoms with Gasteiger partial charge in [0.25, 0.3) is 0 Å². The van der Waals surface area contributed by atoms with E-state index in [0.717, 1.165) is 0 Å². The molecule has 0 spiro atoms. The number of aliphatic hydroxyl groups is 3. The van der Waals surface area contributed by atoms with Gasteiger partial charge in [0.2, 0.25) is 0 Å². The number of hydrogen-bond acceptors (Lipinski definition) is 7. The first kappa shape index (κ1) is 16.7. The van der Waals surface area contributed by atoms with Crippen LogP contribution in [0.15, 0.2) is 24.3 Å². The first-order valence-electron chi connectivity index (χ1n) is 6.45. The molecule has 1 rings (SSSR count). The lowest BCUT2D eigenvalue weighted by molar-refractivity contribution is -0.589. The zero-order valence-corrected chi connectivity index (χ0v) is 11.2. The molecule has 0 bridgehead atoms. The van der Waals surface area contributed by atoms with Crippen LogP contribution in [-0.2, 0) is 0 Å². The summed E-state index contributed by atoms with van der Waals surface area (Å²) in [7, 11) is 0. The van der Waals surface area contributed by atoms with Gasteiger partial charge in [-0.25, -0.2) is 4.90 Å². The topological polar surface area (TPSA) is 119 Å². The summed E-state index contributed by atoms with van der Waals surface area (Å²) in [4.78, 5) is 12.6. The number of nitrogens with one attached hydrogen (secondary N) is 1. The molecule has 0 aromatic rings. The molecule has 0 aromatic carbocycles. The highest BCUT2D eigenvalue weighted by atomic mass is 16.6. The Morgan fingerprint density at radius 3 is 2.35 bits per heavy atom. The lowest BCUT2D eigenvalue weighted by Gasteiger charge is -2.39. The van der Waals surface area contributed by atoms with Gasteiger partial charge in [-0.15, -0.1) is 0 Å². The van der Waals surface area contributed by atoms with Crippen LogP contribution >= 0.6 is 0 Å². The summed E-state index contributed by atoms with van der Waals surface area (Å²) >= 11 is 0. The Bertz CT molecular complexity index is 368. The molecule has 0 heterocycles. The third-order valence-corrected chi connectivity index (χ3v) is 3.23. The molecule has 0 radical (unpaired) electrons. The second-order valence-corrected chi connectivity index (χ2v) is 4.37. The van der Waals surface area contributed by atoms with Gasteiger partial charge in [-0.05, 0) is 0 Å². The third kappa shape index (κ3) is 3.41. The minimum Gasteiger partial charge on any atom is -0.395 e. The van der Waals surface area contributed by atoms with Gasteiger partial charge >= 0.3 is 5.66 Å². The zero-order chi connectivity index (χ0) is 15.0. The summed E-state index contributed by atoms with van der Waals surface area (Å²) in [5, 5.41) is 41.7. The van der Waals surface area contributed by atoms with Crippen LogP contribution in [0.5, 0.6) is 0 Å². The SMILES string of the molecule is O=[N+]([O-])C1(N(CCO)CCO)C=CC=CC1NCCO. The lowest BCUT2D eigenvalue weighted by atomic mass is 9.93. The molecule has 0 fully saturated rings. The van der Waals surface area contributed by atoms with Gasteiger partial charge in [0.1, 0.15) is 6.04 Å². The van der Waals surface area contributed by atoms with Crippen molar-refractivity contribution in [3.05, 3.63) is 34.4 Å². The second-order valence-electron chi connectivity index (χ2n) is 4.37. The fourth-order valence-corrected chi connectivity index (χ4v) is 2.36. The van der Waals surface area contributed by atoms with Crippen LogP contribution in [0.4, 0.5) is 0 Å². The van der Waals surface area contributed by atoms with E-state index in [1.807, 2.05) is 0 Å². The van der Waals surface area contributed by atoms with E-state index in [1.165, 1.54) is 11.0 Å². The van der Waals surface area contributed by atoms with Crippen LogP contribution in [-0.4, -0.2) is 76.3 Å². The number of hydrogen-bond donors (Lipinski definition) is 4. The van der Waals surface area contributed by atoms with Crippen molar-refractivity contribution in [1.82, 2.24) is 10.2 Å². The molecule has 1 aliphatic carbocycles. The molecule has 1 aliphatic rings. The molecule has 8 heteroatoms. The third-order valence-electron chi connectivity index (χ3n) is 3.23. The van der Waals surface area contributed by atoms with Crippen LogP contribution in [0.25, 0.3) is 0 Å². The van der Waals surface area contributed by atoms with E-state index in [1.54, 1.807) is 18.2 Å². The Labute approximate surface area is 117 Å². The Hall–Kier alpha value is -1.32. The number of aliphatic hydroxyl groups excluding tert-OH is 3. The van der Waals surface area contributed by atoms with Gasteiger partial charge in [-0.3, -0.25) is 10.1 Å². The molecular formula is C12H21N3O5. The maximum absolute atomic E-state index is 11.7. The fourth-order valence-electron chi connectivity index (χ4n) is 2.36. The van der Waals surface area contributed by atoms with Crippen LogP contribution in [0.2, 0.25) is 0 Å². The molecule has 2 atom stereocenters. The Morgan fingerprint density at radius 1 is 1.20 bits per heavy atom. The van der Waals surface area contributed by atoms with Gasteiger partial charge < -0.3 is 20.6 Å². The fraction of sp³-hybridized carbons (Fsp3) is 0.667. The molecule has 8 nitrogen and oxygen atoms in total. The van der Waals surface area contributed by atoms with Crippen molar-refractivity contribution in [1.29, 1.82) is 0 Å². The predicted octanol–water partition coefficient (Wildman–Crippen LogP) is -1.68. The Kier molecular flexibility index (Phi) is 6.76. The lowest BCUT2D eigenvalue weighted by Crippen LogP contribution is -2.66. The van der Waals surface area contributed by atoms with Crippen LogP contribution in [0.1, 0.15) is 0 Å². The van der Waals surface area contributed by atoms with E-state index in [2.05, 4.69) is 5.32 Å². The van der Waals surface area contributed by atoms with Crippen molar-refractivity contribution >= 4 is 0 Å². The van der Waals surface area contributed by atoms with Crippen molar-refractivity contribution in [2.45, 2.75) is 11.7 Å². The maximum Gasteiger partial charge on any atom is 0.315 e. The van der Waals surface area contributed by atoms with Crippen molar-refractivity contribution in [3.63, 3.8) is 0 Å². The highest BCUT2D eigenvalue weighted by Gasteiger charge is 2.52. The molecule has 4 N–H and O–H groups in total. The quantitative estimate of drug-likeness (QED) is 0.227. The van der Waals surface area contributed by atoms with Gasteiger partial charge in [-0.1, -0.05) is 18.2 Å². The van der Waals surface area contributed by atoms with Gasteiger partial charge in [0.05, 0.1) is 19.8 Å². The van der Waals surface area contributed by atoms with Crippen molar-refractivity contribution < 1.29 is 20.2 Å². The van der Waals surface area contributed by atoms with E-state index in [-0.39, 0.29) is 39.5 Å². The number of nitro groups is 1. The summed E-state index contributed by atoms with van der Waals surface area (Å²) in [5.41, 5.74) is -1.59. The normalized spacial score (nSPS) is 25.3. The standard InChI is InChI=1S/C12H21N3O5/c16-8-5-13-11-3-1-2-4-12(11,15(19)20)14(6-9-17)7-10-18/h1-4,11,13,16-18H,5-10H2. The predicted molar refractivity (Wildman–Crippen MR) is 72.6 cm³/mol. The Morgan fingerprint density at radius 2 is 1.85 bits per heavy atom. The van der Waals surface area contributed by atoms with Crippen molar-refractivity contribution in [2.75, 3.05) is 39.5 Å². The zero-order valence-electron chi connectivity index (χ0n) is 11.2. The van der Waals surface area contributed by atoms with E-state index in [4.69, 9.17) is 15.3 Å². The summed E-state index contributed by atoms with van der Waals surface area (Å²) < 4.78 is 0. The first-order valence-corrected chi connectivity index (χ1v) is 6.45. The molecule has 2 unspecified atom stereocenters. The minimum atomic E-state index is -1.59. The monoisotopic (exact) mass is 287 g/mol. The maximum atomic E-state index is 11.7.